The molecule has 0 fully saturated rings. The smallest absolute Gasteiger partial charge is 0.0491 e. The molecular formula is C54H47N3. The fraction of sp³-hybridized carbons (Fsp3) is 0.111. The van der Waals surface area contributed by atoms with Gasteiger partial charge in [0.2, 0.25) is 0 Å². The summed E-state index contributed by atoms with van der Waals surface area (Å²) < 4.78 is 4.81. The first-order valence-electron chi connectivity index (χ1n) is 20.2. The Morgan fingerprint density at radius 3 is 1.37 bits per heavy atom. The van der Waals surface area contributed by atoms with Crippen LogP contribution in [0.5, 0.6) is 0 Å². The highest BCUT2D eigenvalue weighted by Gasteiger charge is 2.11. The molecule has 0 aliphatic rings. The second-order valence-electron chi connectivity index (χ2n) is 14.7. The van der Waals surface area contributed by atoms with Crippen LogP contribution >= 0.6 is 0 Å². The summed E-state index contributed by atoms with van der Waals surface area (Å²) in [7, 11) is 0. The molecule has 0 saturated heterocycles. The van der Waals surface area contributed by atoms with Crippen molar-refractivity contribution in [2.75, 3.05) is 11.9 Å². The van der Waals surface area contributed by atoms with Crippen LogP contribution in [0.2, 0.25) is 0 Å². The number of fused-ring (bicyclic) bond motifs is 6. The Morgan fingerprint density at radius 2 is 0.842 bits per heavy atom. The van der Waals surface area contributed by atoms with Crippen molar-refractivity contribution < 1.29 is 0 Å². The van der Waals surface area contributed by atoms with Crippen LogP contribution < -0.4 is 5.32 Å². The zero-order valence-electron chi connectivity index (χ0n) is 32.9. The van der Waals surface area contributed by atoms with Gasteiger partial charge in [-0.3, -0.25) is 0 Å². The average Bonchev–Trinajstić information content (AvgIpc) is 3.76. The Balaban J connectivity index is 1.08. The molecule has 3 heteroatoms. The third kappa shape index (κ3) is 7.09. The molecule has 0 spiro atoms. The van der Waals surface area contributed by atoms with Gasteiger partial charge in [-0.25, -0.2) is 0 Å². The Morgan fingerprint density at radius 1 is 0.386 bits per heavy atom. The van der Waals surface area contributed by atoms with Gasteiger partial charge < -0.3 is 14.5 Å². The van der Waals surface area contributed by atoms with Crippen LogP contribution in [0.4, 0.5) is 5.69 Å². The molecule has 0 bridgehead atoms. The summed E-state index contributed by atoms with van der Waals surface area (Å²) in [5.41, 5.74) is 15.7. The van der Waals surface area contributed by atoms with Gasteiger partial charge in [-0.15, -0.1) is 0 Å². The number of hydrogen-bond donors (Lipinski definition) is 1. The number of aromatic nitrogens is 2. The lowest BCUT2D eigenvalue weighted by Gasteiger charge is -2.11. The highest BCUT2D eigenvalue weighted by molar-refractivity contribution is 6.10. The minimum atomic E-state index is 0.883. The summed E-state index contributed by atoms with van der Waals surface area (Å²) >= 11 is 0. The van der Waals surface area contributed by atoms with E-state index >= 15 is 0 Å². The van der Waals surface area contributed by atoms with Crippen molar-refractivity contribution in [3.63, 3.8) is 0 Å². The summed E-state index contributed by atoms with van der Waals surface area (Å²) in [5.74, 6) is 0. The Kier molecular flexibility index (Phi) is 9.88. The number of benzene rings is 7. The van der Waals surface area contributed by atoms with Crippen LogP contribution in [0.3, 0.4) is 0 Å². The first-order valence-corrected chi connectivity index (χ1v) is 20.2. The molecule has 0 aliphatic carbocycles. The van der Waals surface area contributed by atoms with Crippen molar-refractivity contribution in [1.82, 2.24) is 9.13 Å². The molecule has 3 nitrogen and oxygen atoms in total. The van der Waals surface area contributed by atoms with Crippen LogP contribution in [0.25, 0.3) is 91.2 Å². The molecule has 9 aromatic rings. The number of nitrogens with zero attached hydrogens (tertiary/aromatic N) is 2. The standard InChI is InChI=1S/C54H47N3/c1-4-55-50-19-10-7-16-45(50)44-15-13-14-38(35-44)22-25-41-32-42(26-23-39-28-30-53-48(36-39)46-17-8-11-20-51(46)56(53)5-2)34-43(33-41)27-24-40-29-31-54-49(37-40)47-18-9-12-21-52(47)57(54)6-3/h7-37,55H,4-6H2,1-3H3/b25-22+,26-23+,27-24+. The maximum Gasteiger partial charge on any atom is 0.0491 e. The number of hydrogen-bond acceptors (Lipinski definition) is 1. The zero-order valence-corrected chi connectivity index (χ0v) is 32.9. The van der Waals surface area contributed by atoms with Gasteiger partial charge in [0, 0.05) is 74.5 Å². The predicted molar refractivity (Wildman–Crippen MR) is 250 cm³/mol. The fourth-order valence-electron chi connectivity index (χ4n) is 8.49. The molecule has 1 N–H and O–H groups in total. The van der Waals surface area contributed by atoms with Crippen molar-refractivity contribution in [2.24, 2.45) is 0 Å². The van der Waals surface area contributed by atoms with E-state index in [1.807, 2.05) is 0 Å². The molecule has 0 unspecified atom stereocenters. The number of nitrogens with one attached hydrogen (secondary N) is 1. The van der Waals surface area contributed by atoms with Crippen molar-refractivity contribution in [3.05, 3.63) is 185 Å². The number of anilines is 1. The molecule has 278 valence electrons. The van der Waals surface area contributed by atoms with E-state index in [2.05, 4.69) is 223 Å². The second-order valence-corrected chi connectivity index (χ2v) is 14.7. The lowest BCUT2D eigenvalue weighted by Crippen LogP contribution is -1.98. The van der Waals surface area contributed by atoms with E-state index in [9.17, 15) is 0 Å². The molecule has 0 atom stereocenters. The van der Waals surface area contributed by atoms with Crippen LogP contribution in [-0.2, 0) is 13.1 Å². The summed E-state index contributed by atoms with van der Waals surface area (Å²) in [5, 5.41) is 8.71. The van der Waals surface area contributed by atoms with E-state index in [0.717, 1.165) is 47.6 Å². The summed E-state index contributed by atoms with van der Waals surface area (Å²) in [6, 6.07) is 55.3. The normalized spacial score (nSPS) is 12.1. The Bertz CT molecular complexity index is 2850. The highest BCUT2D eigenvalue weighted by Crippen LogP contribution is 2.33. The molecule has 0 saturated carbocycles. The highest BCUT2D eigenvalue weighted by atomic mass is 15.0. The van der Waals surface area contributed by atoms with Gasteiger partial charge in [-0.05, 0) is 126 Å². The van der Waals surface area contributed by atoms with E-state index in [4.69, 9.17) is 0 Å². The minimum Gasteiger partial charge on any atom is -0.385 e. The van der Waals surface area contributed by atoms with Crippen LogP contribution in [0.15, 0.2) is 152 Å². The fourth-order valence-corrected chi connectivity index (χ4v) is 8.49. The van der Waals surface area contributed by atoms with Gasteiger partial charge >= 0.3 is 0 Å². The van der Waals surface area contributed by atoms with Gasteiger partial charge in [0.15, 0.2) is 0 Å². The van der Waals surface area contributed by atoms with Crippen LogP contribution in [0.1, 0.15) is 54.2 Å². The molecule has 7 aromatic carbocycles. The maximum atomic E-state index is 3.52. The van der Waals surface area contributed by atoms with Gasteiger partial charge in [0.25, 0.3) is 0 Å². The minimum absolute atomic E-state index is 0.883. The first-order chi connectivity index (χ1) is 28.1. The largest absolute Gasteiger partial charge is 0.385 e. The van der Waals surface area contributed by atoms with E-state index in [0.29, 0.717) is 0 Å². The number of aryl methyl sites for hydroxylation is 2. The van der Waals surface area contributed by atoms with Crippen LogP contribution in [-0.4, -0.2) is 15.7 Å². The zero-order chi connectivity index (χ0) is 38.7. The molecule has 2 heterocycles. The van der Waals surface area contributed by atoms with Crippen LogP contribution in [0, 0.1) is 0 Å². The quantitative estimate of drug-likeness (QED) is 0.131. The molecule has 0 amide bonds. The molecule has 9 rings (SSSR count). The van der Waals surface area contributed by atoms with E-state index in [1.165, 1.54) is 65.9 Å². The van der Waals surface area contributed by atoms with Gasteiger partial charge in [-0.1, -0.05) is 121 Å². The van der Waals surface area contributed by atoms with E-state index in [-0.39, 0.29) is 0 Å². The summed E-state index contributed by atoms with van der Waals surface area (Å²) in [6.07, 6.45) is 13.5. The lowest BCUT2D eigenvalue weighted by molar-refractivity contribution is 0.827. The van der Waals surface area contributed by atoms with Gasteiger partial charge in [0.1, 0.15) is 0 Å². The third-order valence-corrected chi connectivity index (χ3v) is 11.1. The SMILES string of the molecule is CCNc1ccccc1-c1cccc(/C=C/c2cc(/C=C/c3ccc4c(c3)c3ccccc3n4CC)cc(/C=C/c3ccc4c(c3)c3ccccc3n4CC)c2)c1. The molecule has 2 aromatic heterocycles. The number of rotatable bonds is 11. The summed E-state index contributed by atoms with van der Waals surface area (Å²) in [6.45, 7) is 9.35. The van der Waals surface area contributed by atoms with Crippen molar-refractivity contribution >= 4 is 85.8 Å². The predicted octanol–water partition coefficient (Wildman–Crippen LogP) is 14.6. The molecular weight excluding hydrogens is 691 g/mol. The number of para-hydroxylation sites is 3. The van der Waals surface area contributed by atoms with Gasteiger partial charge in [0.05, 0.1) is 0 Å². The van der Waals surface area contributed by atoms with Gasteiger partial charge in [-0.2, -0.15) is 0 Å². The lowest BCUT2D eigenvalue weighted by atomic mass is 9.99. The van der Waals surface area contributed by atoms with E-state index in [1.54, 1.807) is 0 Å². The monoisotopic (exact) mass is 737 g/mol. The molecule has 57 heavy (non-hydrogen) atoms. The third-order valence-electron chi connectivity index (χ3n) is 11.1. The molecule has 0 aliphatic heterocycles. The van der Waals surface area contributed by atoms with E-state index < -0.39 is 0 Å². The topological polar surface area (TPSA) is 21.9 Å². The van der Waals surface area contributed by atoms with Crippen molar-refractivity contribution in [3.8, 4) is 11.1 Å². The van der Waals surface area contributed by atoms with Crippen molar-refractivity contribution in [2.45, 2.75) is 33.9 Å². The summed E-state index contributed by atoms with van der Waals surface area (Å²) in [4.78, 5) is 0. The first kappa shape index (κ1) is 35.8. The second kappa shape index (κ2) is 15.7. The Labute approximate surface area is 335 Å². The molecule has 0 radical (unpaired) electrons. The average molecular weight is 738 g/mol. The Hall–Kier alpha value is -6.84. The van der Waals surface area contributed by atoms with Crippen molar-refractivity contribution in [1.29, 1.82) is 0 Å². The maximum absolute atomic E-state index is 3.52.